The van der Waals surface area contributed by atoms with Gasteiger partial charge in [0.15, 0.2) is 0 Å². The number of aliphatic hydroxyl groups is 1. The largest absolute Gasteiger partial charge is 0.393 e. The lowest BCUT2D eigenvalue weighted by atomic mass is 9.80. The molecule has 11 heavy (non-hydrogen) atoms. The number of hydrogen-bond acceptors (Lipinski definition) is 1. The van der Waals surface area contributed by atoms with Crippen LogP contribution in [-0.4, -0.2) is 11.2 Å². The average Bonchev–Trinajstić information content (AvgIpc) is 2.52. The van der Waals surface area contributed by atoms with Crippen LogP contribution in [-0.2, 0) is 0 Å². The highest BCUT2D eigenvalue weighted by molar-refractivity contribution is 5.14. The van der Waals surface area contributed by atoms with Crippen LogP contribution in [0.3, 0.4) is 0 Å². The molecule has 0 amide bonds. The maximum atomic E-state index is 9.64. The highest BCUT2D eigenvalue weighted by Crippen LogP contribution is 2.56. The zero-order valence-corrected chi connectivity index (χ0v) is 6.61. The second-order valence-electron chi connectivity index (χ2n) is 4.37. The second kappa shape index (κ2) is 1.89. The van der Waals surface area contributed by atoms with Gasteiger partial charge in [-0.1, -0.05) is 12.2 Å². The Labute approximate surface area is 67.1 Å². The van der Waals surface area contributed by atoms with E-state index in [2.05, 4.69) is 12.2 Å². The lowest BCUT2D eigenvalue weighted by Gasteiger charge is -2.27. The van der Waals surface area contributed by atoms with Gasteiger partial charge >= 0.3 is 0 Å². The van der Waals surface area contributed by atoms with Gasteiger partial charge in [-0.05, 0) is 42.9 Å². The zero-order valence-electron chi connectivity index (χ0n) is 6.61. The van der Waals surface area contributed by atoms with E-state index in [1.165, 1.54) is 12.8 Å². The number of rotatable bonds is 0. The quantitative estimate of drug-likeness (QED) is 0.520. The van der Waals surface area contributed by atoms with Crippen molar-refractivity contribution < 1.29 is 5.11 Å². The average molecular weight is 150 g/mol. The molecule has 1 nitrogen and oxygen atoms in total. The van der Waals surface area contributed by atoms with Crippen molar-refractivity contribution in [2.75, 3.05) is 0 Å². The Morgan fingerprint density at radius 1 is 1.18 bits per heavy atom. The third kappa shape index (κ3) is 0.652. The van der Waals surface area contributed by atoms with Crippen molar-refractivity contribution in [1.82, 2.24) is 0 Å². The SMILES string of the molecule is O[C@@H]1C[C@H]2C[C@@H]1[C@@H]1CC=C[C@H]21. The second-order valence-corrected chi connectivity index (χ2v) is 4.37. The van der Waals surface area contributed by atoms with Crippen LogP contribution in [0.25, 0.3) is 0 Å². The number of fused-ring (bicyclic) bond motifs is 5. The molecule has 0 saturated heterocycles. The van der Waals surface area contributed by atoms with Crippen LogP contribution in [0.5, 0.6) is 0 Å². The Bertz CT molecular complexity index is 209. The number of allylic oxidation sites excluding steroid dienone is 2. The van der Waals surface area contributed by atoms with Crippen LogP contribution in [0.2, 0.25) is 0 Å². The summed E-state index contributed by atoms with van der Waals surface area (Å²) in [5.41, 5.74) is 0. The molecule has 0 unspecified atom stereocenters. The van der Waals surface area contributed by atoms with Crippen molar-refractivity contribution in [3.8, 4) is 0 Å². The van der Waals surface area contributed by atoms with Crippen LogP contribution in [0.15, 0.2) is 12.2 Å². The Kier molecular flexibility index (Phi) is 1.07. The predicted molar refractivity (Wildman–Crippen MR) is 43.0 cm³/mol. The van der Waals surface area contributed by atoms with E-state index in [0.29, 0.717) is 5.92 Å². The molecule has 0 radical (unpaired) electrons. The molecule has 0 heterocycles. The maximum absolute atomic E-state index is 9.64. The highest BCUT2D eigenvalue weighted by atomic mass is 16.3. The molecule has 0 spiro atoms. The van der Waals surface area contributed by atoms with E-state index in [9.17, 15) is 5.11 Å². The summed E-state index contributed by atoms with van der Waals surface area (Å²) < 4.78 is 0. The van der Waals surface area contributed by atoms with Gasteiger partial charge in [-0.25, -0.2) is 0 Å². The van der Waals surface area contributed by atoms with Crippen molar-refractivity contribution in [1.29, 1.82) is 0 Å². The Hall–Kier alpha value is -0.300. The summed E-state index contributed by atoms with van der Waals surface area (Å²) in [6.07, 6.45) is 8.37. The normalized spacial score (nSPS) is 58.8. The van der Waals surface area contributed by atoms with Gasteiger partial charge in [-0.3, -0.25) is 0 Å². The molecule has 1 heteroatoms. The molecule has 3 aliphatic carbocycles. The molecule has 2 bridgehead atoms. The van der Waals surface area contributed by atoms with Gasteiger partial charge in [-0.15, -0.1) is 0 Å². The van der Waals surface area contributed by atoms with E-state index < -0.39 is 0 Å². The zero-order chi connectivity index (χ0) is 7.42. The van der Waals surface area contributed by atoms with E-state index in [4.69, 9.17) is 0 Å². The van der Waals surface area contributed by atoms with E-state index >= 15 is 0 Å². The molecule has 3 aliphatic rings. The van der Waals surface area contributed by atoms with Crippen molar-refractivity contribution in [2.45, 2.75) is 25.4 Å². The fourth-order valence-corrected chi connectivity index (χ4v) is 3.52. The Morgan fingerprint density at radius 2 is 2.09 bits per heavy atom. The van der Waals surface area contributed by atoms with Gasteiger partial charge in [-0.2, -0.15) is 0 Å². The van der Waals surface area contributed by atoms with E-state index in [1.54, 1.807) is 0 Å². The van der Waals surface area contributed by atoms with Crippen LogP contribution in [0.1, 0.15) is 19.3 Å². The summed E-state index contributed by atoms with van der Waals surface area (Å²) in [7, 11) is 0. The molecule has 60 valence electrons. The minimum absolute atomic E-state index is 0.0427. The lowest BCUT2D eigenvalue weighted by molar-refractivity contribution is 0.0697. The molecule has 1 N–H and O–H groups in total. The molecule has 3 rings (SSSR count). The first-order chi connectivity index (χ1) is 5.36. The molecule has 5 atom stereocenters. The molecule has 0 aliphatic heterocycles. The summed E-state index contributed by atoms with van der Waals surface area (Å²) in [6.45, 7) is 0. The van der Waals surface area contributed by atoms with Gasteiger partial charge in [0.1, 0.15) is 0 Å². The lowest BCUT2D eigenvalue weighted by Crippen LogP contribution is -2.27. The summed E-state index contributed by atoms with van der Waals surface area (Å²) in [6, 6.07) is 0. The molecule has 0 aromatic rings. The van der Waals surface area contributed by atoms with Crippen LogP contribution in [0.4, 0.5) is 0 Å². The fraction of sp³-hybridized carbons (Fsp3) is 0.800. The van der Waals surface area contributed by atoms with E-state index in [0.717, 1.165) is 24.2 Å². The Morgan fingerprint density at radius 3 is 3.00 bits per heavy atom. The van der Waals surface area contributed by atoms with Crippen LogP contribution >= 0.6 is 0 Å². The molecule has 2 fully saturated rings. The van der Waals surface area contributed by atoms with Gasteiger partial charge in [0, 0.05) is 0 Å². The van der Waals surface area contributed by atoms with Gasteiger partial charge in [0.25, 0.3) is 0 Å². The standard InChI is InChI=1S/C10H14O/c11-10-5-6-4-9(10)8-3-1-2-7(6)8/h1-2,6-11H,3-5H2/t6-,7-,8-,9-,10-/m1/s1. The van der Waals surface area contributed by atoms with Gasteiger partial charge in [0.05, 0.1) is 6.10 Å². The summed E-state index contributed by atoms with van der Waals surface area (Å²) in [4.78, 5) is 0. The van der Waals surface area contributed by atoms with Crippen LogP contribution < -0.4 is 0 Å². The first kappa shape index (κ1) is 6.24. The van der Waals surface area contributed by atoms with Crippen molar-refractivity contribution in [3.05, 3.63) is 12.2 Å². The third-order valence-corrected chi connectivity index (χ3v) is 3.97. The maximum Gasteiger partial charge on any atom is 0.0574 e. The first-order valence-corrected chi connectivity index (χ1v) is 4.71. The fourth-order valence-electron chi connectivity index (χ4n) is 3.52. The molecular formula is C10H14O. The van der Waals surface area contributed by atoms with Gasteiger partial charge in [0.2, 0.25) is 0 Å². The summed E-state index contributed by atoms with van der Waals surface area (Å²) in [5.74, 6) is 3.16. The van der Waals surface area contributed by atoms with Crippen molar-refractivity contribution >= 4 is 0 Å². The molecular weight excluding hydrogens is 136 g/mol. The van der Waals surface area contributed by atoms with Crippen LogP contribution in [0, 0.1) is 23.7 Å². The number of aliphatic hydroxyl groups excluding tert-OH is 1. The third-order valence-electron chi connectivity index (χ3n) is 3.97. The van der Waals surface area contributed by atoms with Crippen molar-refractivity contribution in [2.24, 2.45) is 23.7 Å². The smallest absolute Gasteiger partial charge is 0.0574 e. The first-order valence-electron chi connectivity index (χ1n) is 4.71. The topological polar surface area (TPSA) is 20.2 Å². The minimum atomic E-state index is 0.0427. The Balaban J connectivity index is 1.94. The minimum Gasteiger partial charge on any atom is -0.393 e. The molecule has 0 aromatic carbocycles. The number of hydrogen-bond donors (Lipinski definition) is 1. The van der Waals surface area contributed by atoms with E-state index in [-0.39, 0.29) is 6.10 Å². The highest BCUT2D eigenvalue weighted by Gasteiger charge is 2.51. The molecule has 0 aromatic heterocycles. The predicted octanol–water partition coefficient (Wildman–Crippen LogP) is 1.58. The molecule has 2 saturated carbocycles. The van der Waals surface area contributed by atoms with Crippen molar-refractivity contribution in [3.63, 3.8) is 0 Å². The monoisotopic (exact) mass is 150 g/mol. The summed E-state index contributed by atoms with van der Waals surface area (Å²) >= 11 is 0. The summed E-state index contributed by atoms with van der Waals surface area (Å²) in [5, 5.41) is 9.64. The van der Waals surface area contributed by atoms with Gasteiger partial charge < -0.3 is 5.11 Å². The van der Waals surface area contributed by atoms with E-state index in [1.807, 2.05) is 0 Å².